The van der Waals surface area contributed by atoms with Crippen LogP contribution in [0.15, 0.2) is 47.1 Å². The molecule has 124 valence electrons. The number of hydrogen-bond donors (Lipinski definition) is 0. The van der Waals surface area contributed by atoms with Gasteiger partial charge in [-0.2, -0.15) is 0 Å². The summed E-state index contributed by atoms with van der Waals surface area (Å²) in [6, 6.07) is 7.54. The van der Waals surface area contributed by atoms with Crippen molar-refractivity contribution < 1.29 is 23.2 Å². The molecule has 3 amide bonds. The predicted octanol–water partition coefficient (Wildman–Crippen LogP) is 2.10. The Bertz CT molecular complexity index is 770. The van der Waals surface area contributed by atoms with Crippen molar-refractivity contribution in [2.45, 2.75) is 25.9 Å². The number of benzene rings is 1. The molecule has 1 fully saturated rings. The number of carbonyl (C=O) groups is 3. The summed E-state index contributed by atoms with van der Waals surface area (Å²) in [5, 5.41) is 0. The SMILES string of the molecule is CC(=O)N(Cc1ccco1)C1CC(=O)N(c2ccc(F)cc2)C1=O. The first-order valence-corrected chi connectivity index (χ1v) is 7.39. The van der Waals surface area contributed by atoms with E-state index in [0.29, 0.717) is 5.76 Å². The van der Waals surface area contributed by atoms with Gasteiger partial charge in [0, 0.05) is 6.92 Å². The van der Waals surface area contributed by atoms with Gasteiger partial charge in [0.25, 0.3) is 5.91 Å². The highest BCUT2D eigenvalue weighted by atomic mass is 19.1. The molecule has 0 N–H and O–H groups in total. The van der Waals surface area contributed by atoms with Crippen LogP contribution in [-0.2, 0) is 20.9 Å². The Labute approximate surface area is 137 Å². The minimum Gasteiger partial charge on any atom is -0.467 e. The van der Waals surface area contributed by atoms with Crippen LogP contribution < -0.4 is 4.90 Å². The quantitative estimate of drug-likeness (QED) is 0.805. The zero-order valence-corrected chi connectivity index (χ0v) is 12.9. The fraction of sp³-hybridized carbons (Fsp3) is 0.235. The first-order valence-electron chi connectivity index (χ1n) is 7.39. The first-order chi connectivity index (χ1) is 11.5. The van der Waals surface area contributed by atoms with Crippen LogP contribution in [0.3, 0.4) is 0 Å². The van der Waals surface area contributed by atoms with Crippen molar-refractivity contribution in [2.24, 2.45) is 0 Å². The highest BCUT2D eigenvalue weighted by Gasteiger charge is 2.43. The fourth-order valence-corrected chi connectivity index (χ4v) is 2.73. The summed E-state index contributed by atoms with van der Waals surface area (Å²) in [4.78, 5) is 39.2. The van der Waals surface area contributed by atoms with Crippen LogP contribution in [0.4, 0.5) is 10.1 Å². The molecule has 0 bridgehead atoms. The lowest BCUT2D eigenvalue weighted by molar-refractivity contribution is -0.137. The number of halogens is 1. The summed E-state index contributed by atoms with van der Waals surface area (Å²) in [6.45, 7) is 1.44. The third-order valence-electron chi connectivity index (χ3n) is 3.89. The molecule has 24 heavy (non-hydrogen) atoms. The third kappa shape index (κ3) is 2.92. The number of imide groups is 1. The van der Waals surface area contributed by atoms with Crippen LogP contribution in [-0.4, -0.2) is 28.7 Å². The van der Waals surface area contributed by atoms with Gasteiger partial charge in [0.1, 0.15) is 17.6 Å². The number of hydrogen-bond acceptors (Lipinski definition) is 4. The fourth-order valence-electron chi connectivity index (χ4n) is 2.73. The molecule has 7 heteroatoms. The van der Waals surface area contributed by atoms with E-state index in [4.69, 9.17) is 4.42 Å². The number of nitrogens with zero attached hydrogens (tertiary/aromatic N) is 2. The van der Waals surface area contributed by atoms with E-state index in [1.165, 1.54) is 42.4 Å². The summed E-state index contributed by atoms with van der Waals surface area (Å²) in [7, 11) is 0. The molecule has 6 nitrogen and oxygen atoms in total. The summed E-state index contributed by atoms with van der Waals surface area (Å²) in [5.41, 5.74) is 0.287. The summed E-state index contributed by atoms with van der Waals surface area (Å²) in [6.07, 6.45) is 1.36. The van der Waals surface area contributed by atoms with Crippen molar-refractivity contribution in [3.8, 4) is 0 Å². The van der Waals surface area contributed by atoms with Crippen LogP contribution in [0.5, 0.6) is 0 Å². The standard InChI is InChI=1S/C17H15FN2O4/c1-11(21)19(10-14-3-2-8-24-14)15-9-16(22)20(17(15)23)13-6-4-12(18)5-7-13/h2-8,15H,9-10H2,1H3. The molecule has 2 heterocycles. The van der Waals surface area contributed by atoms with Gasteiger partial charge in [-0.05, 0) is 36.4 Å². The molecule has 2 aromatic rings. The Balaban J connectivity index is 1.86. The van der Waals surface area contributed by atoms with Crippen molar-refractivity contribution >= 4 is 23.4 Å². The monoisotopic (exact) mass is 330 g/mol. The zero-order valence-electron chi connectivity index (χ0n) is 12.9. The number of furan rings is 1. The van der Waals surface area contributed by atoms with Crippen LogP contribution >= 0.6 is 0 Å². The van der Waals surface area contributed by atoms with Gasteiger partial charge in [0.15, 0.2) is 0 Å². The minimum atomic E-state index is -0.898. The summed E-state index contributed by atoms with van der Waals surface area (Å²) in [5.74, 6) is -1.21. The Kier molecular flexibility index (Phi) is 4.16. The molecule has 1 saturated heterocycles. The normalized spacial score (nSPS) is 17.4. The Morgan fingerprint density at radius 3 is 2.58 bits per heavy atom. The molecule has 0 radical (unpaired) electrons. The van der Waals surface area contributed by atoms with Gasteiger partial charge in [-0.25, -0.2) is 9.29 Å². The van der Waals surface area contributed by atoms with Crippen molar-refractivity contribution in [2.75, 3.05) is 4.90 Å². The van der Waals surface area contributed by atoms with Gasteiger partial charge in [-0.1, -0.05) is 0 Å². The van der Waals surface area contributed by atoms with Crippen LogP contribution in [0, 0.1) is 5.82 Å². The Hall–Kier alpha value is -2.96. The van der Waals surface area contributed by atoms with Gasteiger partial charge >= 0.3 is 0 Å². The van der Waals surface area contributed by atoms with Gasteiger partial charge in [-0.3, -0.25) is 14.4 Å². The third-order valence-corrected chi connectivity index (χ3v) is 3.89. The molecule has 1 unspecified atom stereocenters. The van der Waals surface area contributed by atoms with E-state index >= 15 is 0 Å². The second-order valence-corrected chi connectivity index (χ2v) is 5.49. The summed E-state index contributed by atoms with van der Waals surface area (Å²) < 4.78 is 18.3. The molecular weight excluding hydrogens is 315 g/mol. The maximum atomic E-state index is 13.0. The summed E-state index contributed by atoms with van der Waals surface area (Å²) >= 11 is 0. The Morgan fingerprint density at radius 2 is 2.00 bits per heavy atom. The van der Waals surface area contributed by atoms with Crippen LogP contribution in [0.1, 0.15) is 19.1 Å². The molecule has 3 rings (SSSR count). The second-order valence-electron chi connectivity index (χ2n) is 5.49. The largest absolute Gasteiger partial charge is 0.467 e. The van der Waals surface area contributed by atoms with Crippen LogP contribution in [0.25, 0.3) is 0 Å². The van der Waals surface area contributed by atoms with Gasteiger partial charge in [-0.15, -0.1) is 0 Å². The number of carbonyl (C=O) groups excluding carboxylic acids is 3. The van der Waals surface area contributed by atoms with E-state index in [1.54, 1.807) is 12.1 Å². The predicted molar refractivity (Wildman–Crippen MR) is 82.2 cm³/mol. The average molecular weight is 330 g/mol. The van der Waals surface area contributed by atoms with E-state index in [0.717, 1.165) is 4.90 Å². The van der Waals surface area contributed by atoms with E-state index in [1.807, 2.05) is 0 Å². The average Bonchev–Trinajstić information content (AvgIpc) is 3.14. The molecule has 0 aliphatic carbocycles. The Morgan fingerprint density at radius 1 is 1.29 bits per heavy atom. The first kappa shape index (κ1) is 15.9. The molecule has 0 saturated carbocycles. The lowest BCUT2D eigenvalue weighted by Gasteiger charge is -2.25. The van der Waals surface area contributed by atoms with Gasteiger partial charge < -0.3 is 9.32 Å². The van der Waals surface area contributed by atoms with E-state index in [2.05, 4.69) is 0 Å². The molecular formula is C17H15FN2O4. The highest BCUT2D eigenvalue weighted by molar-refractivity contribution is 6.22. The second kappa shape index (κ2) is 6.27. The molecule has 1 aromatic carbocycles. The van der Waals surface area contributed by atoms with Crippen molar-refractivity contribution in [1.29, 1.82) is 0 Å². The van der Waals surface area contributed by atoms with Crippen molar-refractivity contribution in [3.05, 3.63) is 54.2 Å². The topological polar surface area (TPSA) is 70.8 Å². The molecule has 1 aliphatic rings. The van der Waals surface area contributed by atoms with Crippen molar-refractivity contribution in [1.82, 2.24) is 4.90 Å². The molecule has 1 aromatic heterocycles. The molecule has 1 aliphatic heterocycles. The van der Waals surface area contributed by atoms with E-state index in [-0.39, 0.29) is 24.6 Å². The highest BCUT2D eigenvalue weighted by Crippen LogP contribution is 2.27. The molecule has 0 spiro atoms. The molecule has 1 atom stereocenters. The zero-order chi connectivity index (χ0) is 17.3. The minimum absolute atomic E-state index is 0.100. The van der Waals surface area contributed by atoms with Crippen molar-refractivity contribution in [3.63, 3.8) is 0 Å². The smallest absolute Gasteiger partial charge is 0.257 e. The maximum Gasteiger partial charge on any atom is 0.257 e. The maximum absolute atomic E-state index is 13.0. The number of rotatable bonds is 4. The number of anilines is 1. The van der Waals surface area contributed by atoms with Crippen LogP contribution in [0.2, 0.25) is 0 Å². The van der Waals surface area contributed by atoms with Gasteiger partial charge in [0.2, 0.25) is 11.8 Å². The van der Waals surface area contributed by atoms with E-state index in [9.17, 15) is 18.8 Å². The lowest BCUT2D eigenvalue weighted by Crippen LogP contribution is -2.44. The van der Waals surface area contributed by atoms with Gasteiger partial charge in [0.05, 0.1) is 24.9 Å². The van der Waals surface area contributed by atoms with E-state index < -0.39 is 23.7 Å². The lowest BCUT2D eigenvalue weighted by atomic mass is 10.2. The number of amides is 3.